The van der Waals surface area contributed by atoms with Crippen molar-refractivity contribution >= 4 is 23.8 Å². The Balaban J connectivity index is 2.30. The third kappa shape index (κ3) is 7.59. The summed E-state index contributed by atoms with van der Waals surface area (Å²) in [6, 6.07) is 0. The minimum absolute atomic E-state index is 0.121. The Morgan fingerprint density at radius 3 is 2.12 bits per heavy atom. The molecular weight excluding hydrogens is 432 g/mol. The minimum Gasteiger partial charge on any atom is -0.463 e. The molecule has 1 amide bonds. The number of carbonyl (C=O) groups is 4. The third-order valence-electron chi connectivity index (χ3n) is 5.16. The molecule has 0 radical (unpaired) electrons. The summed E-state index contributed by atoms with van der Waals surface area (Å²) in [4.78, 5) is 50.0. The molecule has 1 saturated heterocycles. The van der Waals surface area contributed by atoms with Crippen molar-refractivity contribution in [2.24, 2.45) is 5.73 Å². The van der Waals surface area contributed by atoms with Gasteiger partial charge in [-0.2, -0.15) is 0 Å². The van der Waals surface area contributed by atoms with Gasteiger partial charge >= 0.3 is 17.9 Å². The molecule has 0 aromatic rings. The fraction of sp³-hybridized carbons (Fsp3) is 0.652. The molecule has 0 bridgehead atoms. The maximum atomic E-state index is 12.4. The van der Waals surface area contributed by atoms with Gasteiger partial charge in [0.1, 0.15) is 12.7 Å². The normalized spacial score (nSPS) is 24.2. The Bertz CT molecular complexity index is 778. The van der Waals surface area contributed by atoms with E-state index in [1.807, 2.05) is 20.8 Å². The maximum absolute atomic E-state index is 12.4. The van der Waals surface area contributed by atoms with Crippen LogP contribution in [0.4, 0.5) is 0 Å². The summed E-state index contributed by atoms with van der Waals surface area (Å²) in [5, 5.41) is 0. The second-order valence-corrected chi connectivity index (χ2v) is 7.98. The quantitative estimate of drug-likeness (QED) is 0.337. The molecule has 0 aromatic heterocycles. The lowest BCUT2D eigenvalue weighted by atomic mass is 10.1. The summed E-state index contributed by atoms with van der Waals surface area (Å²) >= 11 is 0. The Hall–Kier alpha value is -2.88. The van der Waals surface area contributed by atoms with Crippen molar-refractivity contribution in [3.05, 3.63) is 23.9 Å². The van der Waals surface area contributed by atoms with Crippen LogP contribution in [0.3, 0.4) is 0 Å². The molecule has 10 heteroatoms. The van der Waals surface area contributed by atoms with Crippen LogP contribution < -0.4 is 5.73 Å². The monoisotopic (exact) mass is 466 g/mol. The number of amides is 1. The van der Waals surface area contributed by atoms with Crippen molar-refractivity contribution in [3.63, 3.8) is 0 Å². The fourth-order valence-electron chi connectivity index (χ4n) is 3.56. The van der Waals surface area contributed by atoms with E-state index >= 15 is 0 Å². The van der Waals surface area contributed by atoms with Crippen LogP contribution in [0.15, 0.2) is 23.9 Å². The van der Waals surface area contributed by atoms with E-state index in [1.165, 1.54) is 0 Å². The van der Waals surface area contributed by atoms with Crippen LogP contribution in [0, 0.1) is 0 Å². The Labute approximate surface area is 194 Å². The lowest BCUT2D eigenvalue weighted by Gasteiger charge is -2.33. The number of hydrogen-bond acceptors (Lipinski definition) is 9. The van der Waals surface area contributed by atoms with Gasteiger partial charge in [-0.1, -0.05) is 26.8 Å². The average molecular weight is 467 g/mol. The van der Waals surface area contributed by atoms with Gasteiger partial charge in [-0.25, -0.2) is 0 Å². The number of nitrogens with two attached hydrogens (primary N) is 1. The zero-order valence-corrected chi connectivity index (χ0v) is 19.5. The highest BCUT2D eigenvalue weighted by atomic mass is 16.7. The number of nitrogens with zero attached hydrogens (tertiary/aromatic N) is 1. The van der Waals surface area contributed by atoms with Crippen LogP contribution in [-0.2, 0) is 38.1 Å². The summed E-state index contributed by atoms with van der Waals surface area (Å²) in [5.74, 6) is -1.93. The molecule has 2 heterocycles. The molecule has 0 aromatic carbocycles. The van der Waals surface area contributed by atoms with Gasteiger partial charge in [0.25, 0.3) is 0 Å². The topological polar surface area (TPSA) is 134 Å². The van der Waals surface area contributed by atoms with Gasteiger partial charge in [0.2, 0.25) is 5.91 Å². The lowest BCUT2D eigenvalue weighted by Crippen LogP contribution is -2.47. The van der Waals surface area contributed by atoms with Crippen molar-refractivity contribution < 1.29 is 38.1 Å². The zero-order chi connectivity index (χ0) is 24.4. The Morgan fingerprint density at radius 2 is 1.55 bits per heavy atom. The molecule has 0 spiro atoms. The van der Waals surface area contributed by atoms with Crippen LogP contribution in [-0.4, -0.2) is 66.4 Å². The molecule has 0 aliphatic carbocycles. The molecule has 2 aliphatic rings. The molecule has 2 rings (SSSR count). The second kappa shape index (κ2) is 13.0. The van der Waals surface area contributed by atoms with Gasteiger partial charge < -0.3 is 29.6 Å². The largest absolute Gasteiger partial charge is 0.463 e. The molecule has 2 aliphatic heterocycles. The average Bonchev–Trinajstić information content (AvgIpc) is 3.09. The molecule has 0 unspecified atom stereocenters. The van der Waals surface area contributed by atoms with E-state index in [0.717, 1.165) is 0 Å². The van der Waals surface area contributed by atoms with Crippen molar-refractivity contribution in [3.8, 4) is 0 Å². The minimum atomic E-state index is -0.989. The first-order chi connectivity index (χ1) is 15.8. The van der Waals surface area contributed by atoms with Gasteiger partial charge in [-0.05, 0) is 25.3 Å². The van der Waals surface area contributed by atoms with Gasteiger partial charge in [0.05, 0.1) is 6.54 Å². The summed E-state index contributed by atoms with van der Waals surface area (Å²) in [5.41, 5.74) is 5.77. The molecule has 0 saturated carbocycles. The molecule has 2 N–H and O–H groups in total. The molecule has 33 heavy (non-hydrogen) atoms. The summed E-state index contributed by atoms with van der Waals surface area (Å²) in [6.45, 7) is 5.49. The number of esters is 3. The molecular formula is C23H34N2O8. The van der Waals surface area contributed by atoms with Gasteiger partial charge in [0.15, 0.2) is 18.4 Å². The van der Waals surface area contributed by atoms with E-state index < -0.39 is 48.4 Å². The summed E-state index contributed by atoms with van der Waals surface area (Å²) < 4.78 is 22.8. The van der Waals surface area contributed by atoms with Crippen molar-refractivity contribution in [1.29, 1.82) is 0 Å². The van der Waals surface area contributed by atoms with E-state index in [1.54, 1.807) is 23.3 Å². The summed E-state index contributed by atoms with van der Waals surface area (Å²) in [7, 11) is 0. The van der Waals surface area contributed by atoms with Crippen molar-refractivity contribution in [2.45, 2.75) is 83.8 Å². The van der Waals surface area contributed by atoms with E-state index in [9.17, 15) is 19.2 Å². The predicted octanol–water partition coefficient (Wildman–Crippen LogP) is 1.72. The number of ether oxygens (including phenoxy) is 4. The van der Waals surface area contributed by atoms with Crippen LogP contribution in [0.1, 0.15) is 59.3 Å². The van der Waals surface area contributed by atoms with Crippen LogP contribution in [0.25, 0.3) is 0 Å². The molecule has 4 atom stereocenters. The number of rotatable bonds is 12. The first kappa shape index (κ1) is 26.4. The third-order valence-corrected chi connectivity index (χ3v) is 5.16. The maximum Gasteiger partial charge on any atom is 0.306 e. The molecule has 10 nitrogen and oxygen atoms in total. The van der Waals surface area contributed by atoms with Gasteiger partial charge in [-0.3, -0.25) is 19.2 Å². The highest BCUT2D eigenvalue weighted by molar-refractivity contribution is 5.92. The molecule has 184 valence electrons. The van der Waals surface area contributed by atoms with Crippen LogP contribution in [0.5, 0.6) is 0 Å². The Morgan fingerprint density at radius 1 is 0.970 bits per heavy atom. The fourth-order valence-corrected chi connectivity index (χ4v) is 3.56. The number of hydrogen-bond donors (Lipinski definition) is 1. The smallest absolute Gasteiger partial charge is 0.306 e. The van der Waals surface area contributed by atoms with Crippen LogP contribution >= 0.6 is 0 Å². The second-order valence-electron chi connectivity index (χ2n) is 7.98. The molecule has 1 fully saturated rings. The van der Waals surface area contributed by atoms with E-state index in [-0.39, 0.29) is 32.4 Å². The van der Waals surface area contributed by atoms with Gasteiger partial charge in [-0.15, -0.1) is 0 Å². The first-order valence-corrected chi connectivity index (χ1v) is 11.4. The standard InChI is InChI=1S/C23H34N2O8/c1-4-8-17(26)30-14-16-20(32-18(27)9-5-2)21(33-19(28)10-6-3)23(31-16)25-12-7-11-15(13-25)22(24)29/h7,11-12,16,20-21,23H,4-6,8-10,13-14H2,1-3H3,(H2,24,29)/t16-,20-,21-,23-/m1/s1. The number of primary amides is 1. The zero-order valence-electron chi connectivity index (χ0n) is 19.5. The Kier molecular flexibility index (Phi) is 10.4. The van der Waals surface area contributed by atoms with Crippen molar-refractivity contribution in [2.75, 3.05) is 13.2 Å². The predicted molar refractivity (Wildman–Crippen MR) is 117 cm³/mol. The summed E-state index contributed by atoms with van der Waals surface area (Å²) in [6.07, 6.45) is 3.57. The van der Waals surface area contributed by atoms with E-state index in [0.29, 0.717) is 24.8 Å². The number of carbonyl (C=O) groups excluding carboxylic acids is 4. The van der Waals surface area contributed by atoms with E-state index in [2.05, 4.69) is 0 Å². The highest BCUT2D eigenvalue weighted by Gasteiger charge is 2.52. The first-order valence-electron chi connectivity index (χ1n) is 11.4. The van der Waals surface area contributed by atoms with Crippen LogP contribution in [0.2, 0.25) is 0 Å². The van der Waals surface area contributed by atoms with Gasteiger partial charge in [0, 0.05) is 31.0 Å². The lowest BCUT2D eigenvalue weighted by molar-refractivity contribution is -0.170. The van der Waals surface area contributed by atoms with Crippen molar-refractivity contribution in [1.82, 2.24) is 4.90 Å². The number of allylic oxidation sites excluding steroid dienone is 2. The SMILES string of the molecule is CCCC(=O)OC[C@H]1O[C@@H](N2C=CC=C(C(N)=O)C2)[C@H](OC(=O)CCC)[C@@H]1OC(=O)CCC. The van der Waals surface area contributed by atoms with E-state index in [4.69, 9.17) is 24.7 Å². The highest BCUT2D eigenvalue weighted by Crippen LogP contribution is 2.32.